The third-order valence-corrected chi connectivity index (χ3v) is 7.37. The molecule has 4 fully saturated rings. The van der Waals surface area contributed by atoms with Crippen LogP contribution in [-0.4, -0.2) is 47.3 Å². The lowest BCUT2D eigenvalue weighted by Gasteiger charge is -2.54. The molecule has 4 heteroatoms. The Morgan fingerprint density at radius 1 is 1.07 bits per heavy atom. The zero-order chi connectivity index (χ0) is 20.6. The number of ether oxygens (including phenoxy) is 1. The Morgan fingerprint density at radius 2 is 1.80 bits per heavy atom. The number of aromatic nitrogens is 1. The van der Waals surface area contributed by atoms with Crippen LogP contribution in [0.5, 0.6) is 0 Å². The Balaban J connectivity index is 1.59. The van der Waals surface area contributed by atoms with Gasteiger partial charge in [-0.15, -0.1) is 6.42 Å². The number of hydrogen-bond acceptors (Lipinski definition) is 4. The normalized spacial score (nSPS) is 31.4. The molecule has 1 aromatic carbocycles. The standard InChI is InChI=1S/C26H30N2O2/c1-2-25-26(29,21-10-14-28(25)15-11-21)22-8-9-23(20-12-16-30-17-13-20)27-24(22)18-19-6-4-3-5-7-19/h1,3-9,20-21,25,29H,10-18H2. The zero-order valence-corrected chi connectivity index (χ0v) is 17.5. The van der Waals surface area contributed by atoms with Crippen molar-refractivity contribution in [1.29, 1.82) is 0 Å². The van der Waals surface area contributed by atoms with Crippen LogP contribution in [0, 0.1) is 18.3 Å². The summed E-state index contributed by atoms with van der Waals surface area (Å²) in [6.07, 6.45) is 10.7. The van der Waals surface area contributed by atoms with E-state index >= 15 is 0 Å². The quantitative estimate of drug-likeness (QED) is 0.796. The van der Waals surface area contributed by atoms with Crippen LogP contribution >= 0.6 is 0 Å². The molecule has 1 N–H and O–H groups in total. The molecule has 0 spiro atoms. The van der Waals surface area contributed by atoms with E-state index in [0.29, 0.717) is 12.3 Å². The number of fused-ring (bicyclic) bond motifs is 3. The number of piperidine rings is 3. The lowest BCUT2D eigenvalue weighted by Crippen LogP contribution is -2.63. The molecule has 30 heavy (non-hydrogen) atoms. The summed E-state index contributed by atoms with van der Waals surface area (Å²) in [4.78, 5) is 7.44. The molecule has 0 aliphatic carbocycles. The van der Waals surface area contributed by atoms with Crippen molar-refractivity contribution in [2.75, 3.05) is 26.3 Å². The van der Waals surface area contributed by atoms with Gasteiger partial charge in [-0.2, -0.15) is 0 Å². The van der Waals surface area contributed by atoms with Crippen LogP contribution < -0.4 is 0 Å². The molecule has 4 saturated heterocycles. The number of nitrogens with zero attached hydrogens (tertiary/aromatic N) is 2. The summed E-state index contributed by atoms with van der Waals surface area (Å²) in [5.74, 6) is 3.54. The second kappa shape index (κ2) is 8.15. The van der Waals surface area contributed by atoms with Crippen LogP contribution in [0.2, 0.25) is 0 Å². The highest BCUT2D eigenvalue weighted by atomic mass is 16.5. The largest absolute Gasteiger partial charge is 0.382 e. The molecule has 0 amide bonds. The van der Waals surface area contributed by atoms with Crippen molar-refractivity contribution in [1.82, 2.24) is 9.88 Å². The Bertz CT molecular complexity index is 924. The fourth-order valence-electron chi connectivity index (χ4n) is 5.73. The number of pyridine rings is 1. The van der Waals surface area contributed by atoms with Gasteiger partial charge < -0.3 is 9.84 Å². The summed E-state index contributed by atoms with van der Waals surface area (Å²) < 4.78 is 5.55. The van der Waals surface area contributed by atoms with Gasteiger partial charge in [-0.3, -0.25) is 9.88 Å². The van der Waals surface area contributed by atoms with Gasteiger partial charge >= 0.3 is 0 Å². The van der Waals surface area contributed by atoms with Crippen LogP contribution in [-0.2, 0) is 16.8 Å². The van der Waals surface area contributed by atoms with E-state index in [1.54, 1.807) is 0 Å². The maximum Gasteiger partial charge on any atom is 0.121 e. The monoisotopic (exact) mass is 402 g/mol. The number of benzene rings is 1. The van der Waals surface area contributed by atoms with E-state index in [1.165, 1.54) is 5.56 Å². The molecule has 156 valence electrons. The van der Waals surface area contributed by atoms with Crippen molar-refractivity contribution in [3.63, 3.8) is 0 Å². The minimum absolute atomic E-state index is 0.189. The maximum atomic E-state index is 12.1. The SMILES string of the molecule is C#CC1N2CCC(CC2)C1(O)c1ccc(C2CCOCC2)nc1Cc1ccccc1. The van der Waals surface area contributed by atoms with Gasteiger partial charge in [0.15, 0.2) is 0 Å². The highest BCUT2D eigenvalue weighted by molar-refractivity contribution is 5.39. The lowest BCUT2D eigenvalue weighted by molar-refractivity contribution is -0.143. The minimum atomic E-state index is -1.03. The highest BCUT2D eigenvalue weighted by Gasteiger charge is 2.54. The number of hydrogen-bond donors (Lipinski definition) is 1. The van der Waals surface area contributed by atoms with Crippen molar-refractivity contribution >= 4 is 0 Å². The van der Waals surface area contributed by atoms with Gasteiger partial charge in [-0.1, -0.05) is 42.3 Å². The third-order valence-electron chi connectivity index (χ3n) is 7.37. The topological polar surface area (TPSA) is 45.6 Å². The fourth-order valence-corrected chi connectivity index (χ4v) is 5.73. The maximum absolute atomic E-state index is 12.1. The second-order valence-electron chi connectivity index (χ2n) is 8.98. The predicted molar refractivity (Wildman–Crippen MR) is 117 cm³/mol. The summed E-state index contributed by atoms with van der Waals surface area (Å²) in [6, 6.07) is 14.4. The molecule has 2 atom stereocenters. The van der Waals surface area contributed by atoms with E-state index < -0.39 is 5.60 Å². The van der Waals surface area contributed by atoms with Crippen molar-refractivity contribution in [2.24, 2.45) is 5.92 Å². The molecule has 0 saturated carbocycles. The highest BCUT2D eigenvalue weighted by Crippen LogP contribution is 2.48. The van der Waals surface area contributed by atoms with Crippen LogP contribution in [0.15, 0.2) is 42.5 Å². The van der Waals surface area contributed by atoms with Gasteiger partial charge in [0, 0.05) is 36.8 Å². The van der Waals surface area contributed by atoms with Crippen LogP contribution in [0.4, 0.5) is 0 Å². The molecule has 1 aromatic heterocycles. The summed E-state index contributed by atoms with van der Waals surface area (Å²) in [5.41, 5.74) is 3.20. The molecule has 5 heterocycles. The first-order valence-electron chi connectivity index (χ1n) is 11.2. The summed E-state index contributed by atoms with van der Waals surface area (Å²) in [6.45, 7) is 3.54. The molecular weight excluding hydrogens is 372 g/mol. The van der Waals surface area contributed by atoms with Gasteiger partial charge in [0.05, 0.1) is 5.69 Å². The predicted octanol–water partition coefficient (Wildman–Crippen LogP) is 3.48. The van der Waals surface area contributed by atoms with Crippen molar-refractivity contribution < 1.29 is 9.84 Å². The van der Waals surface area contributed by atoms with Crippen LogP contribution in [0.25, 0.3) is 0 Å². The van der Waals surface area contributed by atoms with Crippen molar-refractivity contribution in [3.05, 3.63) is 65.0 Å². The summed E-state index contributed by atoms with van der Waals surface area (Å²) in [5, 5.41) is 12.1. The van der Waals surface area contributed by atoms with Gasteiger partial charge in [0.1, 0.15) is 11.6 Å². The van der Waals surface area contributed by atoms with Crippen LogP contribution in [0.3, 0.4) is 0 Å². The van der Waals surface area contributed by atoms with Gasteiger partial charge in [-0.25, -0.2) is 0 Å². The lowest BCUT2D eigenvalue weighted by atomic mass is 9.66. The number of aliphatic hydroxyl groups is 1. The Labute approximate surface area is 179 Å². The summed E-state index contributed by atoms with van der Waals surface area (Å²) in [7, 11) is 0. The second-order valence-corrected chi connectivity index (χ2v) is 8.98. The molecule has 4 aliphatic heterocycles. The number of terminal acetylenes is 1. The number of rotatable bonds is 4. The molecule has 2 unspecified atom stereocenters. The molecular formula is C26H30N2O2. The van der Waals surface area contributed by atoms with E-state index in [4.69, 9.17) is 16.1 Å². The van der Waals surface area contributed by atoms with Gasteiger partial charge in [0.2, 0.25) is 0 Å². The van der Waals surface area contributed by atoms with E-state index in [1.807, 2.05) is 6.07 Å². The minimum Gasteiger partial charge on any atom is -0.382 e. The molecule has 2 aromatic rings. The molecule has 6 rings (SSSR count). The average molecular weight is 403 g/mol. The van der Waals surface area contributed by atoms with Gasteiger partial charge in [-0.05, 0) is 56.3 Å². The smallest absolute Gasteiger partial charge is 0.121 e. The average Bonchev–Trinajstić information content (AvgIpc) is 2.81. The zero-order valence-electron chi connectivity index (χ0n) is 17.5. The first-order chi connectivity index (χ1) is 14.7. The first-order valence-corrected chi connectivity index (χ1v) is 11.2. The summed E-state index contributed by atoms with van der Waals surface area (Å²) >= 11 is 0. The Kier molecular flexibility index (Phi) is 5.37. The Morgan fingerprint density at radius 3 is 2.50 bits per heavy atom. The molecule has 4 nitrogen and oxygen atoms in total. The van der Waals surface area contributed by atoms with E-state index in [9.17, 15) is 5.11 Å². The molecule has 2 bridgehead atoms. The van der Waals surface area contributed by atoms with Crippen molar-refractivity contribution in [3.8, 4) is 12.3 Å². The fraction of sp³-hybridized carbons (Fsp3) is 0.500. The van der Waals surface area contributed by atoms with Gasteiger partial charge in [0.25, 0.3) is 0 Å². The van der Waals surface area contributed by atoms with E-state index in [2.05, 4.69) is 47.2 Å². The Hall–Kier alpha value is -2.19. The molecule has 0 radical (unpaired) electrons. The van der Waals surface area contributed by atoms with E-state index in [0.717, 1.165) is 68.9 Å². The molecule has 4 aliphatic rings. The van der Waals surface area contributed by atoms with E-state index in [-0.39, 0.29) is 12.0 Å². The van der Waals surface area contributed by atoms with Crippen molar-refractivity contribution in [2.45, 2.75) is 49.7 Å². The van der Waals surface area contributed by atoms with Crippen LogP contribution in [0.1, 0.15) is 54.1 Å². The third kappa shape index (κ3) is 3.36. The first kappa shape index (κ1) is 19.8.